The molecule has 0 saturated carbocycles. The zero-order valence-electron chi connectivity index (χ0n) is 30.5. The highest BCUT2D eigenvalue weighted by Gasteiger charge is 2.40. The Morgan fingerprint density at radius 2 is 1.48 bits per heavy atom. The van der Waals surface area contributed by atoms with E-state index in [1.165, 1.54) is 0 Å². The molecule has 50 heavy (non-hydrogen) atoms. The third-order valence-electron chi connectivity index (χ3n) is 8.90. The molecule has 2 amide bonds. The minimum Gasteiger partial charge on any atom is -0.507 e. The lowest BCUT2D eigenvalue weighted by molar-refractivity contribution is -0.118. The number of imide groups is 1. The van der Waals surface area contributed by atoms with E-state index in [9.17, 15) is 24.3 Å². The number of benzene rings is 3. The third kappa shape index (κ3) is 8.01. The van der Waals surface area contributed by atoms with Crippen LogP contribution in [0.25, 0.3) is 0 Å². The SMILES string of the molecule is CC1(COc2ccc(CC3SC(=O)NC3=O)cc2)CC(=O)c2cc(OC(=O)c3cc(C(C)(C)C)c(O)c(C(C)(C)C)c3)c(C(C)(C)C)cc2O1. The molecule has 266 valence electrons. The van der Waals surface area contributed by atoms with E-state index in [1.807, 2.05) is 81.4 Å². The second-order valence-corrected chi connectivity index (χ2v) is 17.8. The van der Waals surface area contributed by atoms with Crippen molar-refractivity contribution in [2.45, 2.75) is 109 Å². The van der Waals surface area contributed by atoms with Gasteiger partial charge in [-0.3, -0.25) is 19.7 Å². The van der Waals surface area contributed by atoms with Crippen LogP contribution in [0.1, 0.15) is 119 Å². The number of Topliss-reactive ketones (excluding diaryl/α,β-unsaturated/α-hetero) is 1. The Bertz CT molecular complexity index is 1820. The second kappa shape index (κ2) is 13.1. The Hall–Kier alpha value is -4.31. The normalized spacial score (nSPS) is 19.5. The Kier molecular flexibility index (Phi) is 9.68. The van der Waals surface area contributed by atoms with Crippen LogP contribution in [-0.4, -0.2) is 45.5 Å². The van der Waals surface area contributed by atoms with Crippen LogP contribution >= 0.6 is 11.8 Å². The van der Waals surface area contributed by atoms with Crippen molar-refractivity contribution in [3.05, 3.63) is 81.9 Å². The number of thioether (sulfide) groups is 1. The summed E-state index contributed by atoms with van der Waals surface area (Å²) in [6.45, 7) is 19.8. The average molecular weight is 702 g/mol. The predicted molar refractivity (Wildman–Crippen MR) is 194 cm³/mol. The number of carbonyl (C=O) groups is 4. The highest BCUT2D eigenvalue weighted by Crippen LogP contribution is 2.43. The minimum atomic E-state index is -0.964. The van der Waals surface area contributed by atoms with Crippen LogP contribution in [0.2, 0.25) is 0 Å². The van der Waals surface area contributed by atoms with Gasteiger partial charge in [0.15, 0.2) is 5.78 Å². The van der Waals surface area contributed by atoms with Crippen molar-refractivity contribution in [2.24, 2.45) is 0 Å². The van der Waals surface area contributed by atoms with Gasteiger partial charge in [-0.2, -0.15) is 0 Å². The summed E-state index contributed by atoms with van der Waals surface area (Å²) in [4.78, 5) is 50.8. The van der Waals surface area contributed by atoms with Gasteiger partial charge in [-0.05, 0) is 71.6 Å². The lowest BCUT2D eigenvalue weighted by Gasteiger charge is -2.36. The fourth-order valence-corrected chi connectivity index (χ4v) is 6.96. The molecule has 3 aromatic rings. The number of ketones is 1. The molecule has 0 aromatic heterocycles. The van der Waals surface area contributed by atoms with Crippen molar-refractivity contribution >= 4 is 34.7 Å². The van der Waals surface area contributed by atoms with Crippen molar-refractivity contribution in [3.8, 4) is 23.0 Å². The molecule has 2 unspecified atom stereocenters. The standard InChI is InChI=1S/C40H47NO8S/c1-37(2,3)26-19-30-25(18-31(26)48-35(45)23-16-27(38(4,5)6)33(43)28(17-23)39(7,8)9)29(42)20-40(10,49-30)21-47-24-13-11-22(12-14-24)15-32-34(44)41-36(46)50-32/h11-14,16-19,32,43H,15,20-21H2,1-10H3,(H,41,44,46). The Labute approximate surface area is 298 Å². The first-order valence-corrected chi connectivity index (χ1v) is 17.7. The second-order valence-electron chi connectivity index (χ2n) is 16.6. The first-order chi connectivity index (χ1) is 23.0. The van der Waals surface area contributed by atoms with E-state index < -0.39 is 33.1 Å². The van der Waals surface area contributed by atoms with E-state index in [0.29, 0.717) is 45.7 Å². The number of hydrogen-bond acceptors (Lipinski definition) is 9. The van der Waals surface area contributed by atoms with E-state index in [0.717, 1.165) is 17.3 Å². The molecule has 2 N–H and O–H groups in total. The van der Waals surface area contributed by atoms with E-state index >= 15 is 0 Å². The molecule has 2 aliphatic heterocycles. The van der Waals surface area contributed by atoms with Gasteiger partial charge in [-0.1, -0.05) is 86.2 Å². The molecule has 3 aromatic carbocycles. The summed E-state index contributed by atoms with van der Waals surface area (Å²) in [6.07, 6.45) is 0.469. The number of amides is 2. The van der Waals surface area contributed by atoms with E-state index in [2.05, 4.69) is 5.32 Å². The minimum absolute atomic E-state index is 0.0459. The highest BCUT2D eigenvalue weighted by atomic mass is 32.2. The summed E-state index contributed by atoms with van der Waals surface area (Å²) in [5, 5.41) is 12.7. The number of hydrogen-bond donors (Lipinski definition) is 2. The van der Waals surface area contributed by atoms with E-state index in [4.69, 9.17) is 14.2 Å². The fraction of sp³-hybridized carbons (Fsp3) is 0.450. The lowest BCUT2D eigenvalue weighted by Crippen LogP contribution is -2.44. The molecule has 9 nitrogen and oxygen atoms in total. The maximum atomic E-state index is 13.8. The van der Waals surface area contributed by atoms with Crippen LogP contribution in [0.15, 0.2) is 48.5 Å². The van der Waals surface area contributed by atoms with E-state index in [-0.39, 0.29) is 41.5 Å². The lowest BCUT2D eigenvalue weighted by atomic mass is 9.78. The maximum Gasteiger partial charge on any atom is 0.343 e. The first kappa shape index (κ1) is 37.0. The number of ether oxygens (including phenoxy) is 3. The van der Waals surface area contributed by atoms with Crippen LogP contribution in [0.3, 0.4) is 0 Å². The summed E-state index contributed by atoms with van der Waals surface area (Å²) in [5.41, 5.74) is 1.23. The molecule has 0 aliphatic carbocycles. The van der Waals surface area contributed by atoms with Crippen LogP contribution < -0.4 is 19.5 Å². The van der Waals surface area contributed by atoms with Crippen molar-refractivity contribution in [1.82, 2.24) is 5.32 Å². The van der Waals surface area contributed by atoms with Crippen molar-refractivity contribution in [2.75, 3.05) is 6.61 Å². The molecule has 5 rings (SSSR count). The van der Waals surface area contributed by atoms with Gasteiger partial charge < -0.3 is 19.3 Å². The number of aromatic hydroxyl groups is 1. The topological polar surface area (TPSA) is 128 Å². The zero-order chi connectivity index (χ0) is 37.0. The first-order valence-electron chi connectivity index (χ1n) is 16.8. The van der Waals surface area contributed by atoms with Crippen LogP contribution in [0, 0.1) is 0 Å². The van der Waals surface area contributed by atoms with Gasteiger partial charge in [-0.25, -0.2) is 4.79 Å². The smallest absolute Gasteiger partial charge is 0.343 e. The van der Waals surface area contributed by atoms with Gasteiger partial charge in [0.25, 0.3) is 5.24 Å². The van der Waals surface area contributed by atoms with Crippen LogP contribution in [0.5, 0.6) is 23.0 Å². The number of nitrogens with one attached hydrogen (secondary N) is 1. The van der Waals surface area contributed by atoms with Crippen molar-refractivity contribution in [3.63, 3.8) is 0 Å². The molecule has 0 spiro atoms. The van der Waals surface area contributed by atoms with Gasteiger partial charge in [0.05, 0.1) is 22.8 Å². The molecule has 10 heteroatoms. The monoisotopic (exact) mass is 701 g/mol. The van der Waals surface area contributed by atoms with Crippen LogP contribution in [-0.2, 0) is 27.5 Å². The zero-order valence-corrected chi connectivity index (χ0v) is 31.3. The molecule has 1 saturated heterocycles. The van der Waals surface area contributed by atoms with Crippen molar-refractivity contribution < 1.29 is 38.5 Å². The maximum absolute atomic E-state index is 13.8. The summed E-state index contributed by atoms with van der Waals surface area (Å²) < 4.78 is 18.6. The quantitative estimate of drug-likeness (QED) is 0.185. The number of phenolic OH excluding ortho intramolecular Hbond substituents is 1. The molecular formula is C40H47NO8S. The van der Waals surface area contributed by atoms with E-state index in [1.54, 1.807) is 36.4 Å². The molecule has 2 heterocycles. The number of esters is 1. The molecule has 1 fully saturated rings. The average Bonchev–Trinajstić information content (AvgIpc) is 3.30. The number of carbonyl (C=O) groups excluding carboxylic acids is 4. The largest absolute Gasteiger partial charge is 0.507 e. The number of fused-ring (bicyclic) bond motifs is 1. The summed E-state index contributed by atoms with van der Waals surface area (Å²) in [6, 6.07) is 14.0. The summed E-state index contributed by atoms with van der Waals surface area (Å²) in [7, 11) is 0. The van der Waals surface area contributed by atoms with Gasteiger partial charge in [0.1, 0.15) is 35.2 Å². The molecule has 2 aliphatic rings. The Morgan fingerprint density at radius 3 is 2.00 bits per heavy atom. The third-order valence-corrected chi connectivity index (χ3v) is 9.88. The van der Waals surface area contributed by atoms with Gasteiger partial charge in [-0.15, -0.1) is 0 Å². The highest BCUT2D eigenvalue weighted by molar-refractivity contribution is 8.15. The van der Waals surface area contributed by atoms with Crippen molar-refractivity contribution in [1.29, 1.82) is 0 Å². The summed E-state index contributed by atoms with van der Waals surface area (Å²) in [5.74, 6) is 0.385. The molecule has 0 bridgehead atoms. The molecule has 2 atom stereocenters. The van der Waals surface area contributed by atoms with Gasteiger partial charge in [0, 0.05) is 16.7 Å². The number of rotatable bonds is 7. The van der Waals surface area contributed by atoms with Gasteiger partial charge in [0.2, 0.25) is 5.91 Å². The molecule has 0 radical (unpaired) electrons. The number of phenols is 1. The fourth-order valence-electron chi connectivity index (χ4n) is 6.10. The summed E-state index contributed by atoms with van der Waals surface area (Å²) >= 11 is 0.991. The van der Waals surface area contributed by atoms with Crippen LogP contribution in [0.4, 0.5) is 4.79 Å². The Morgan fingerprint density at radius 1 is 0.900 bits per heavy atom. The molecular weight excluding hydrogens is 655 g/mol. The predicted octanol–water partition coefficient (Wildman–Crippen LogP) is 8.20. The Balaban J connectivity index is 1.37. The van der Waals surface area contributed by atoms with Gasteiger partial charge >= 0.3 is 5.97 Å².